The van der Waals surface area contributed by atoms with E-state index in [1.807, 2.05) is 54.3 Å². The van der Waals surface area contributed by atoms with Crippen molar-refractivity contribution in [3.8, 4) is 5.69 Å². The Balaban J connectivity index is 1.44. The Hall–Kier alpha value is -3.45. The van der Waals surface area contributed by atoms with E-state index in [4.69, 9.17) is 0 Å². The van der Waals surface area contributed by atoms with Gasteiger partial charge in [0.1, 0.15) is 0 Å². The molecular formula is C26H30N6O. The largest absolute Gasteiger partial charge is 0.347 e. The highest BCUT2D eigenvalue weighted by Crippen LogP contribution is 2.24. The van der Waals surface area contributed by atoms with Crippen LogP contribution in [0.1, 0.15) is 37.4 Å². The second kappa shape index (κ2) is 9.19. The van der Waals surface area contributed by atoms with Gasteiger partial charge in [-0.25, -0.2) is 9.78 Å². The van der Waals surface area contributed by atoms with Crippen LogP contribution < -0.4 is 5.32 Å². The van der Waals surface area contributed by atoms with Crippen LogP contribution in [0.15, 0.2) is 61.2 Å². The number of carbonyl (C=O) groups is 1. The van der Waals surface area contributed by atoms with Crippen LogP contribution in [-0.2, 0) is 6.54 Å². The van der Waals surface area contributed by atoms with Crippen molar-refractivity contribution in [2.75, 3.05) is 18.4 Å². The van der Waals surface area contributed by atoms with Crippen LogP contribution in [0, 0.1) is 12.8 Å². The fourth-order valence-electron chi connectivity index (χ4n) is 4.75. The molecule has 0 bridgehead atoms. The summed E-state index contributed by atoms with van der Waals surface area (Å²) in [6, 6.07) is 13.7. The van der Waals surface area contributed by atoms with Crippen molar-refractivity contribution in [3.05, 3.63) is 72.4 Å². The van der Waals surface area contributed by atoms with E-state index in [1.54, 1.807) is 6.20 Å². The highest BCUT2D eigenvalue weighted by atomic mass is 16.2. The molecule has 0 unspecified atom stereocenters. The van der Waals surface area contributed by atoms with E-state index in [0.717, 1.165) is 53.5 Å². The lowest BCUT2D eigenvalue weighted by atomic mass is 9.95. The number of aryl methyl sites for hydroxylation is 1. The van der Waals surface area contributed by atoms with Crippen LogP contribution >= 0.6 is 0 Å². The van der Waals surface area contributed by atoms with E-state index in [1.165, 1.54) is 29.5 Å². The smallest absolute Gasteiger partial charge is 0.306 e. The normalized spacial score (nSPS) is 16.8. The van der Waals surface area contributed by atoms with Gasteiger partial charge in [-0.2, -0.15) is 9.78 Å². The monoisotopic (exact) mass is 442 g/mol. The van der Waals surface area contributed by atoms with Crippen LogP contribution in [0.4, 0.5) is 10.5 Å². The van der Waals surface area contributed by atoms with Gasteiger partial charge in [0.2, 0.25) is 0 Å². The van der Waals surface area contributed by atoms with Crippen LogP contribution in [0.5, 0.6) is 0 Å². The summed E-state index contributed by atoms with van der Waals surface area (Å²) >= 11 is 0. The molecule has 3 heterocycles. The highest BCUT2D eigenvalue weighted by Gasteiger charge is 2.19. The van der Waals surface area contributed by atoms with Gasteiger partial charge in [0, 0.05) is 36.0 Å². The Morgan fingerprint density at radius 1 is 1.21 bits per heavy atom. The van der Waals surface area contributed by atoms with E-state index in [0.29, 0.717) is 0 Å². The first kappa shape index (κ1) is 21.4. The van der Waals surface area contributed by atoms with Crippen molar-refractivity contribution in [2.24, 2.45) is 5.92 Å². The number of aromatic nitrogens is 4. The molecule has 1 saturated heterocycles. The van der Waals surface area contributed by atoms with Crippen molar-refractivity contribution < 1.29 is 4.79 Å². The summed E-state index contributed by atoms with van der Waals surface area (Å²) < 4.78 is 3.42. The van der Waals surface area contributed by atoms with Gasteiger partial charge in [-0.3, -0.25) is 4.90 Å². The zero-order chi connectivity index (χ0) is 22.8. The summed E-state index contributed by atoms with van der Waals surface area (Å²) in [6.45, 7) is 7.37. The fraction of sp³-hybridized carbons (Fsp3) is 0.346. The van der Waals surface area contributed by atoms with Gasteiger partial charge < -0.3 is 9.88 Å². The van der Waals surface area contributed by atoms with Crippen molar-refractivity contribution in [3.63, 3.8) is 0 Å². The molecule has 1 fully saturated rings. The zero-order valence-corrected chi connectivity index (χ0v) is 19.2. The van der Waals surface area contributed by atoms with E-state index in [2.05, 4.69) is 39.4 Å². The van der Waals surface area contributed by atoms with Crippen LogP contribution in [0.3, 0.4) is 0 Å². The fourth-order valence-corrected chi connectivity index (χ4v) is 4.75. The molecule has 33 heavy (non-hydrogen) atoms. The number of anilines is 1. The van der Waals surface area contributed by atoms with E-state index < -0.39 is 0 Å². The number of carbonyl (C=O) groups excluding carboxylic acids is 1. The lowest BCUT2D eigenvalue weighted by Gasteiger charge is -2.32. The predicted molar refractivity (Wildman–Crippen MR) is 131 cm³/mol. The number of hydrogen-bond donors (Lipinski definition) is 1. The lowest BCUT2D eigenvalue weighted by Crippen LogP contribution is -2.34. The van der Waals surface area contributed by atoms with Gasteiger partial charge in [0.05, 0.1) is 23.7 Å². The molecule has 2 aromatic carbocycles. The van der Waals surface area contributed by atoms with Gasteiger partial charge in [0.15, 0.2) is 0 Å². The Morgan fingerprint density at radius 2 is 2.09 bits per heavy atom. The Morgan fingerprint density at radius 3 is 2.91 bits per heavy atom. The molecule has 5 rings (SSSR count). The van der Waals surface area contributed by atoms with E-state index in [9.17, 15) is 4.79 Å². The number of piperidine rings is 1. The van der Waals surface area contributed by atoms with Crippen LogP contribution in [-0.4, -0.2) is 43.4 Å². The summed E-state index contributed by atoms with van der Waals surface area (Å²) in [5, 5.41) is 8.29. The van der Waals surface area contributed by atoms with Gasteiger partial charge in [0.25, 0.3) is 0 Å². The number of nitrogens with one attached hydrogen (secondary N) is 1. The molecule has 1 N–H and O–H groups in total. The third kappa shape index (κ3) is 4.68. The molecule has 1 atom stereocenters. The van der Waals surface area contributed by atoms with E-state index >= 15 is 0 Å². The molecule has 0 spiro atoms. The summed E-state index contributed by atoms with van der Waals surface area (Å²) in [5.41, 5.74) is 4.66. The number of nitrogens with zero attached hydrogens (tertiary/aromatic N) is 5. The van der Waals surface area contributed by atoms with Crippen molar-refractivity contribution >= 4 is 22.6 Å². The van der Waals surface area contributed by atoms with Crippen LogP contribution in [0.2, 0.25) is 0 Å². The number of rotatable bonds is 5. The first-order valence-electron chi connectivity index (χ1n) is 11.7. The third-order valence-electron chi connectivity index (χ3n) is 6.49. The van der Waals surface area contributed by atoms with Gasteiger partial charge in [-0.1, -0.05) is 31.5 Å². The minimum absolute atomic E-state index is 0.273. The van der Waals surface area contributed by atoms with Crippen molar-refractivity contribution in [1.82, 2.24) is 24.2 Å². The standard InChI is InChI=1S/C26H30N6O/c1-3-20-7-6-10-30(16-20)17-21-11-23(13-24(12-21)31-15-19(2)27-18-31)29-26(33)32-25-9-5-4-8-22(25)14-28-32/h4-5,8-9,11-15,18,20H,3,6-7,10,16-17H2,1-2H3,(H,29,33)/t20-/m0/s1. The molecule has 0 saturated carbocycles. The van der Waals surface area contributed by atoms with Crippen LogP contribution in [0.25, 0.3) is 16.6 Å². The molecule has 1 aliphatic heterocycles. The number of para-hydroxylation sites is 1. The van der Waals surface area contributed by atoms with Gasteiger partial charge >= 0.3 is 6.03 Å². The molecule has 7 heteroatoms. The quantitative estimate of drug-likeness (QED) is 0.459. The number of fused-ring (bicyclic) bond motifs is 1. The molecule has 0 radical (unpaired) electrons. The van der Waals surface area contributed by atoms with Gasteiger partial charge in [-0.15, -0.1) is 0 Å². The summed E-state index contributed by atoms with van der Waals surface area (Å²) in [5.74, 6) is 0.769. The second-order valence-electron chi connectivity index (χ2n) is 9.01. The first-order valence-corrected chi connectivity index (χ1v) is 11.7. The average molecular weight is 443 g/mol. The minimum atomic E-state index is -0.273. The van der Waals surface area contributed by atoms with Gasteiger partial charge in [-0.05, 0) is 62.1 Å². The number of likely N-dealkylation sites (tertiary alicyclic amines) is 1. The average Bonchev–Trinajstić information content (AvgIpc) is 3.45. The first-order chi connectivity index (χ1) is 16.1. The Labute approximate surface area is 194 Å². The molecule has 1 aliphatic rings. The van der Waals surface area contributed by atoms with E-state index in [-0.39, 0.29) is 6.03 Å². The summed E-state index contributed by atoms with van der Waals surface area (Å²) in [4.78, 5) is 20.0. The predicted octanol–water partition coefficient (Wildman–Crippen LogP) is 5.23. The molecular weight excluding hydrogens is 412 g/mol. The maximum Gasteiger partial charge on any atom is 0.347 e. The highest BCUT2D eigenvalue weighted by molar-refractivity contribution is 5.97. The topological polar surface area (TPSA) is 68.0 Å². The maximum absolute atomic E-state index is 13.1. The lowest BCUT2D eigenvalue weighted by molar-refractivity contribution is 0.165. The molecule has 170 valence electrons. The number of benzene rings is 2. The zero-order valence-electron chi connectivity index (χ0n) is 19.2. The van der Waals surface area contributed by atoms with Crippen molar-refractivity contribution in [2.45, 2.75) is 39.7 Å². The minimum Gasteiger partial charge on any atom is -0.306 e. The number of amides is 1. The maximum atomic E-state index is 13.1. The molecule has 2 aromatic heterocycles. The molecule has 1 amide bonds. The SMILES string of the molecule is CC[C@H]1CCCN(Cc2cc(NC(=O)n3ncc4ccccc43)cc(-n3cnc(C)c3)c2)C1. The third-order valence-corrected chi connectivity index (χ3v) is 6.49. The second-order valence-corrected chi connectivity index (χ2v) is 9.01. The number of hydrogen-bond acceptors (Lipinski definition) is 4. The Kier molecular flexibility index (Phi) is 5.96. The summed E-state index contributed by atoms with van der Waals surface area (Å²) in [7, 11) is 0. The Bertz CT molecular complexity index is 1270. The number of imidazole rings is 1. The molecule has 7 nitrogen and oxygen atoms in total. The molecule has 0 aliphatic carbocycles. The van der Waals surface area contributed by atoms with Crippen molar-refractivity contribution in [1.29, 1.82) is 0 Å². The summed E-state index contributed by atoms with van der Waals surface area (Å²) in [6.07, 6.45) is 9.32. The molecule has 4 aromatic rings.